The van der Waals surface area contributed by atoms with Crippen molar-refractivity contribution in [1.82, 2.24) is 10.4 Å². The highest BCUT2D eigenvalue weighted by Crippen LogP contribution is 2.25. The molecule has 0 spiro atoms. The number of amides is 1. The number of hydrogen-bond acceptors (Lipinski definition) is 4. The molecule has 2 aromatic carbocycles. The van der Waals surface area contributed by atoms with Crippen LogP contribution in [-0.2, 0) is 11.2 Å². The summed E-state index contributed by atoms with van der Waals surface area (Å²) in [6.07, 6.45) is 4.53. The van der Waals surface area contributed by atoms with Gasteiger partial charge in [0.1, 0.15) is 5.71 Å². The zero-order chi connectivity index (χ0) is 22.4. The SMILES string of the molecule is CC1CCCC(C)N1NC(=O)/C(CCc1ccc(I)cc1)=N/Nc1ccc(Cl)cc1Cl. The van der Waals surface area contributed by atoms with Crippen molar-refractivity contribution >= 4 is 63.1 Å². The maximum absolute atomic E-state index is 13.2. The molecule has 2 unspecified atom stereocenters. The number of halogens is 3. The van der Waals surface area contributed by atoms with Crippen molar-refractivity contribution in [3.05, 3.63) is 61.6 Å². The number of hydrazine groups is 1. The molecule has 0 aromatic heterocycles. The van der Waals surface area contributed by atoms with Crippen LogP contribution in [0.15, 0.2) is 47.6 Å². The van der Waals surface area contributed by atoms with Gasteiger partial charge >= 0.3 is 0 Å². The van der Waals surface area contributed by atoms with Gasteiger partial charge in [-0.15, -0.1) is 0 Å². The first-order valence-electron chi connectivity index (χ1n) is 10.4. The number of hydrazone groups is 1. The number of benzene rings is 2. The zero-order valence-corrected chi connectivity index (χ0v) is 21.3. The number of hydrogen-bond donors (Lipinski definition) is 2. The van der Waals surface area contributed by atoms with E-state index in [9.17, 15) is 4.79 Å². The summed E-state index contributed by atoms with van der Waals surface area (Å²) in [6, 6.07) is 14.0. The molecule has 1 aliphatic rings. The summed E-state index contributed by atoms with van der Waals surface area (Å²) in [4.78, 5) is 13.2. The second-order valence-corrected chi connectivity index (χ2v) is 9.99. The van der Waals surface area contributed by atoms with Crippen LogP contribution in [0, 0.1) is 3.57 Å². The average molecular weight is 573 g/mol. The van der Waals surface area contributed by atoms with Crippen molar-refractivity contribution in [3.8, 4) is 0 Å². The molecule has 1 aliphatic heterocycles. The van der Waals surface area contributed by atoms with Crippen LogP contribution >= 0.6 is 45.8 Å². The second-order valence-electron chi connectivity index (χ2n) is 7.90. The minimum atomic E-state index is -0.191. The van der Waals surface area contributed by atoms with Crippen molar-refractivity contribution in [1.29, 1.82) is 0 Å². The highest BCUT2D eigenvalue weighted by molar-refractivity contribution is 14.1. The van der Waals surface area contributed by atoms with Crippen molar-refractivity contribution in [3.63, 3.8) is 0 Å². The van der Waals surface area contributed by atoms with Crippen LogP contribution in [0.5, 0.6) is 0 Å². The summed E-state index contributed by atoms with van der Waals surface area (Å²) in [5.74, 6) is -0.191. The molecule has 5 nitrogen and oxygen atoms in total. The normalized spacial score (nSPS) is 19.8. The highest BCUT2D eigenvalue weighted by Gasteiger charge is 2.27. The van der Waals surface area contributed by atoms with Crippen LogP contribution in [0.3, 0.4) is 0 Å². The van der Waals surface area contributed by atoms with E-state index >= 15 is 0 Å². The third-order valence-corrected chi connectivity index (χ3v) is 6.76. The molecule has 2 N–H and O–H groups in total. The molecular formula is C23H27Cl2IN4O. The largest absolute Gasteiger partial charge is 0.283 e. The first-order valence-corrected chi connectivity index (χ1v) is 12.3. The standard InChI is InChI=1S/C23H27Cl2IN4O/c1-15-4-3-5-16(2)30(15)29-23(31)22(12-8-17-6-10-19(26)11-7-17)28-27-21-13-9-18(24)14-20(21)25/h6-7,9-11,13-16,27H,3-5,8,12H2,1-2H3,(H,29,31)/b28-22+. The maximum atomic E-state index is 13.2. The van der Waals surface area contributed by atoms with Gasteiger partial charge in [-0.1, -0.05) is 41.8 Å². The number of nitrogens with zero attached hydrogens (tertiary/aromatic N) is 2. The van der Waals surface area contributed by atoms with Gasteiger partial charge in [-0.05, 0) is 91.6 Å². The minimum absolute atomic E-state index is 0.191. The second kappa shape index (κ2) is 11.5. The van der Waals surface area contributed by atoms with Crippen LogP contribution < -0.4 is 10.9 Å². The van der Waals surface area contributed by atoms with E-state index in [0.29, 0.717) is 46.4 Å². The topological polar surface area (TPSA) is 56.7 Å². The molecule has 1 fully saturated rings. The van der Waals surface area contributed by atoms with Gasteiger partial charge in [-0.25, -0.2) is 5.01 Å². The first-order chi connectivity index (χ1) is 14.8. The minimum Gasteiger partial charge on any atom is -0.283 e. The van der Waals surface area contributed by atoms with Crippen LogP contribution in [0.4, 0.5) is 5.69 Å². The smallest absolute Gasteiger partial charge is 0.281 e. The predicted octanol–water partition coefficient (Wildman–Crippen LogP) is 6.29. The predicted molar refractivity (Wildman–Crippen MR) is 138 cm³/mol. The maximum Gasteiger partial charge on any atom is 0.281 e. The molecule has 31 heavy (non-hydrogen) atoms. The number of carbonyl (C=O) groups excluding carboxylic acids is 1. The van der Waals surface area contributed by atoms with Gasteiger partial charge in [0.25, 0.3) is 5.91 Å². The van der Waals surface area contributed by atoms with Gasteiger partial charge in [0, 0.05) is 27.1 Å². The summed E-state index contributed by atoms with van der Waals surface area (Å²) >= 11 is 14.5. The van der Waals surface area contributed by atoms with E-state index < -0.39 is 0 Å². The van der Waals surface area contributed by atoms with E-state index in [1.54, 1.807) is 18.2 Å². The Balaban J connectivity index is 1.76. The van der Waals surface area contributed by atoms with Crippen molar-refractivity contribution in [2.45, 2.75) is 58.0 Å². The molecule has 0 radical (unpaired) electrons. The lowest BCUT2D eigenvalue weighted by molar-refractivity contribution is -0.122. The Morgan fingerprint density at radius 3 is 2.45 bits per heavy atom. The van der Waals surface area contributed by atoms with Crippen molar-refractivity contribution < 1.29 is 4.79 Å². The molecule has 0 bridgehead atoms. The van der Waals surface area contributed by atoms with Gasteiger partial charge in [0.05, 0.1) is 10.7 Å². The molecule has 0 aliphatic carbocycles. The molecule has 2 aromatic rings. The third-order valence-electron chi connectivity index (χ3n) is 5.49. The highest BCUT2D eigenvalue weighted by atomic mass is 127. The molecule has 1 amide bonds. The van der Waals surface area contributed by atoms with Crippen LogP contribution in [0.25, 0.3) is 0 Å². The summed E-state index contributed by atoms with van der Waals surface area (Å²) in [5.41, 5.74) is 8.22. The fourth-order valence-corrected chi connectivity index (χ4v) is 4.48. The fraction of sp³-hybridized carbons (Fsp3) is 0.391. The van der Waals surface area contributed by atoms with E-state index in [1.165, 1.54) is 9.99 Å². The quantitative estimate of drug-likeness (QED) is 0.233. The number of aryl methyl sites for hydroxylation is 1. The molecule has 2 atom stereocenters. The number of carbonyl (C=O) groups is 1. The Morgan fingerprint density at radius 2 is 1.81 bits per heavy atom. The van der Waals surface area contributed by atoms with Crippen LogP contribution in [-0.4, -0.2) is 28.7 Å². The van der Waals surface area contributed by atoms with E-state index in [2.05, 4.69) is 81.7 Å². The summed E-state index contributed by atoms with van der Waals surface area (Å²) in [7, 11) is 0. The Labute approximate surface area is 207 Å². The van der Waals surface area contributed by atoms with Gasteiger partial charge in [0.2, 0.25) is 0 Å². The van der Waals surface area contributed by atoms with Gasteiger partial charge in [-0.3, -0.25) is 15.6 Å². The van der Waals surface area contributed by atoms with Crippen molar-refractivity contribution in [2.24, 2.45) is 5.10 Å². The Kier molecular flexibility index (Phi) is 9.01. The van der Waals surface area contributed by atoms with E-state index in [-0.39, 0.29) is 5.91 Å². The van der Waals surface area contributed by atoms with Crippen LogP contribution in [0.1, 0.15) is 45.1 Å². The van der Waals surface area contributed by atoms with Gasteiger partial charge < -0.3 is 0 Å². The fourth-order valence-electron chi connectivity index (χ4n) is 3.67. The number of rotatable bonds is 7. The summed E-state index contributed by atoms with van der Waals surface area (Å²) < 4.78 is 1.18. The third kappa shape index (κ3) is 7.07. The van der Waals surface area contributed by atoms with Crippen LogP contribution in [0.2, 0.25) is 10.0 Å². The molecular weight excluding hydrogens is 546 g/mol. The summed E-state index contributed by atoms with van der Waals surface area (Å²) in [5, 5.41) is 7.49. The Hall–Kier alpha value is -1.35. The monoisotopic (exact) mass is 572 g/mol. The lowest BCUT2D eigenvalue weighted by Gasteiger charge is -2.38. The van der Waals surface area contributed by atoms with Gasteiger partial charge in [-0.2, -0.15) is 5.10 Å². The number of nitrogens with one attached hydrogen (secondary N) is 2. The molecule has 1 saturated heterocycles. The van der Waals surface area contributed by atoms with E-state index in [1.807, 2.05) is 0 Å². The molecule has 8 heteroatoms. The molecule has 0 saturated carbocycles. The first kappa shape index (κ1) is 24.3. The molecule has 3 rings (SSSR count). The zero-order valence-electron chi connectivity index (χ0n) is 17.7. The number of piperidine rings is 1. The van der Waals surface area contributed by atoms with E-state index in [4.69, 9.17) is 23.2 Å². The molecule has 1 heterocycles. The number of anilines is 1. The molecule has 166 valence electrons. The van der Waals surface area contributed by atoms with Crippen molar-refractivity contribution in [2.75, 3.05) is 5.43 Å². The lowest BCUT2D eigenvalue weighted by atomic mass is 10.00. The lowest BCUT2D eigenvalue weighted by Crippen LogP contribution is -2.55. The Bertz CT molecular complexity index is 926. The Morgan fingerprint density at radius 1 is 1.13 bits per heavy atom. The van der Waals surface area contributed by atoms with E-state index in [0.717, 1.165) is 18.4 Å². The average Bonchev–Trinajstić information content (AvgIpc) is 2.73. The summed E-state index contributed by atoms with van der Waals surface area (Å²) in [6.45, 7) is 4.29. The van der Waals surface area contributed by atoms with Gasteiger partial charge in [0.15, 0.2) is 0 Å².